The molecule has 1 aromatic carbocycles. The average Bonchev–Trinajstić information content (AvgIpc) is 2.33. The highest BCUT2D eigenvalue weighted by Gasteiger charge is 2.28. The highest BCUT2D eigenvalue weighted by molar-refractivity contribution is 5.93. The molecule has 2 amide bonds. The lowest BCUT2D eigenvalue weighted by atomic mass is 9.82. The molecule has 0 bridgehead atoms. The summed E-state index contributed by atoms with van der Waals surface area (Å²) in [7, 11) is 0. The van der Waals surface area contributed by atoms with Crippen molar-refractivity contribution >= 4 is 12.0 Å². The second-order valence-electron chi connectivity index (χ2n) is 5.31. The third kappa shape index (κ3) is 3.96. The van der Waals surface area contributed by atoms with Gasteiger partial charge in [0.2, 0.25) is 0 Å². The molecular weight excluding hydrogens is 248 g/mol. The molecule has 4 N–H and O–H groups in total. The number of carbonyl (C=O) groups is 2. The zero-order chi connectivity index (χ0) is 14.6. The van der Waals surface area contributed by atoms with Crippen molar-refractivity contribution in [3.05, 3.63) is 35.4 Å². The van der Waals surface area contributed by atoms with Crippen molar-refractivity contribution in [1.29, 1.82) is 0 Å². The fourth-order valence-corrected chi connectivity index (χ4v) is 1.85. The summed E-state index contributed by atoms with van der Waals surface area (Å²) in [6.07, 6.45) is -1.13. The lowest BCUT2D eigenvalue weighted by Crippen LogP contribution is -2.35. The minimum absolute atomic E-state index is 0.265. The van der Waals surface area contributed by atoms with E-state index in [-0.39, 0.29) is 11.0 Å². The van der Waals surface area contributed by atoms with Gasteiger partial charge in [0.25, 0.3) is 5.91 Å². The molecular formula is C13H18N2O4. The zero-order valence-electron chi connectivity index (χ0n) is 11.1. The normalized spacial score (nSPS) is 12.6. The van der Waals surface area contributed by atoms with Gasteiger partial charge in [-0.1, -0.05) is 32.9 Å². The van der Waals surface area contributed by atoms with E-state index in [1.54, 1.807) is 23.7 Å². The molecule has 0 radical (unpaired) electrons. The molecule has 1 atom stereocenters. The van der Waals surface area contributed by atoms with E-state index >= 15 is 0 Å². The Hall–Kier alpha value is -2.08. The van der Waals surface area contributed by atoms with Crippen LogP contribution in [0.1, 0.15) is 42.7 Å². The molecule has 6 nitrogen and oxygen atoms in total. The van der Waals surface area contributed by atoms with Crippen LogP contribution < -0.4 is 10.8 Å². The van der Waals surface area contributed by atoms with Crippen LogP contribution in [0.5, 0.6) is 0 Å². The van der Waals surface area contributed by atoms with Crippen LogP contribution in [-0.2, 0) is 0 Å². The van der Waals surface area contributed by atoms with E-state index in [2.05, 4.69) is 5.32 Å². The van der Waals surface area contributed by atoms with E-state index in [4.69, 9.17) is 10.3 Å². The van der Waals surface area contributed by atoms with E-state index in [0.29, 0.717) is 5.56 Å². The number of rotatable bonds is 3. The Bertz CT molecular complexity index is 480. The zero-order valence-corrected chi connectivity index (χ0v) is 11.1. The molecule has 0 aromatic heterocycles. The van der Waals surface area contributed by atoms with Gasteiger partial charge in [-0.25, -0.2) is 10.3 Å². The Labute approximate surface area is 111 Å². The lowest BCUT2D eigenvalue weighted by molar-refractivity contribution is 0.0706. The third-order valence-corrected chi connectivity index (χ3v) is 2.72. The van der Waals surface area contributed by atoms with E-state index in [0.717, 1.165) is 0 Å². The fourth-order valence-electron chi connectivity index (χ4n) is 1.85. The van der Waals surface area contributed by atoms with Crippen LogP contribution in [0.4, 0.5) is 4.79 Å². The maximum Gasteiger partial charge on any atom is 0.405 e. The van der Waals surface area contributed by atoms with Gasteiger partial charge in [0.15, 0.2) is 0 Å². The average molecular weight is 266 g/mol. The number of nitrogens with one attached hydrogen (secondary N) is 2. The van der Waals surface area contributed by atoms with Gasteiger partial charge in [-0.3, -0.25) is 10.0 Å². The Kier molecular flexibility index (Phi) is 4.50. The maximum atomic E-state index is 11.4. The standard InChI is InChI=1S/C13H18N2O4/c1-13(2,3)10(14-12(17)18)8-5-4-6-9(7-8)11(16)15-19/h4-7,10,14,19H,1-3H3,(H,15,16)(H,17,18). The highest BCUT2D eigenvalue weighted by Crippen LogP contribution is 2.33. The number of hydrogen-bond acceptors (Lipinski definition) is 3. The summed E-state index contributed by atoms with van der Waals surface area (Å²) >= 11 is 0. The van der Waals surface area contributed by atoms with E-state index in [1.807, 2.05) is 20.8 Å². The first-order valence-corrected chi connectivity index (χ1v) is 5.79. The molecule has 19 heavy (non-hydrogen) atoms. The Balaban J connectivity index is 3.16. The van der Waals surface area contributed by atoms with E-state index in [1.165, 1.54) is 6.07 Å². The Morgan fingerprint density at radius 3 is 2.37 bits per heavy atom. The molecule has 0 heterocycles. The van der Waals surface area contributed by atoms with Crippen molar-refractivity contribution in [3.8, 4) is 0 Å². The lowest BCUT2D eigenvalue weighted by Gasteiger charge is -2.31. The molecule has 0 aliphatic rings. The van der Waals surface area contributed by atoms with Crippen molar-refractivity contribution in [2.75, 3.05) is 0 Å². The van der Waals surface area contributed by atoms with Gasteiger partial charge < -0.3 is 10.4 Å². The van der Waals surface area contributed by atoms with E-state index < -0.39 is 18.0 Å². The van der Waals surface area contributed by atoms with Gasteiger partial charge in [-0.15, -0.1) is 0 Å². The van der Waals surface area contributed by atoms with Gasteiger partial charge in [0.1, 0.15) is 0 Å². The summed E-state index contributed by atoms with van der Waals surface area (Å²) in [6.45, 7) is 5.69. The van der Waals surface area contributed by atoms with Crippen LogP contribution in [0.3, 0.4) is 0 Å². The summed E-state index contributed by atoms with van der Waals surface area (Å²) in [6, 6.07) is 6.01. The van der Waals surface area contributed by atoms with Gasteiger partial charge >= 0.3 is 6.09 Å². The SMILES string of the molecule is CC(C)(C)C(NC(=O)O)c1cccc(C(=O)NO)c1. The summed E-state index contributed by atoms with van der Waals surface area (Å²) < 4.78 is 0. The first kappa shape index (κ1) is 15.0. The van der Waals surface area contributed by atoms with Crippen LogP contribution in [0.25, 0.3) is 0 Å². The largest absolute Gasteiger partial charge is 0.465 e. The first-order chi connectivity index (χ1) is 8.75. The summed E-state index contributed by atoms with van der Waals surface area (Å²) in [4.78, 5) is 22.2. The number of benzene rings is 1. The third-order valence-electron chi connectivity index (χ3n) is 2.72. The van der Waals surface area contributed by atoms with Crippen LogP contribution in [0, 0.1) is 5.41 Å². The number of hydroxylamine groups is 1. The quantitative estimate of drug-likeness (QED) is 0.497. The smallest absolute Gasteiger partial charge is 0.405 e. The number of amides is 2. The molecule has 0 fully saturated rings. The number of hydrogen-bond donors (Lipinski definition) is 4. The molecule has 0 saturated carbocycles. The monoisotopic (exact) mass is 266 g/mol. The van der Waals surface area contributed by atoms with E-state index in [9.17, 15) is 9.59 Å². The van der Waals surface area contributed by atoms with Crippen LogP contribution in [0.15, 0.2) is 24.3 Å². The van der Waals surface area contributed by atoms with Crippen molar-refractivity contribution in [1.82, 2.24) is 10.8 Å². The number of carbonyl (C=O) groups excluding carboxylic acids is 1. The van der Waals surface area contributed by atoms with Crippen molar-refractivity contribution in [2.45, 2.75) is 26.8 Å². The van der Waals surface area contributed by atoms with Crippen molar-refractivity contribution in [3.63, 3.8) is 0 Å². The fraction of sp³-hybridized carbons (Fsp3) is 0.385. The molecule has 6 heteroatoms. The molecule has 1 aromatic rings. The minimum atomic E-state index is -1.13. The molecule has 0 aliphatic heterocycles. The molecule has 0 saturated heterocycles. The molecule has 0 aliphatic carbocycles. The molecule has 1 unspecified atom stereocenters. The van der Waals surface area contributed by atoms with Crippen LogP contribution in [-0.4, -0.2) is 22.3 Å². The predicted molar refractivity (Wildman–Crippen MR) is 69.1 cm³/mol. The van der Waals surface area contributed by atoms with Crippen molar-refractivity contribution < 1.29 is 19.9 Å². The van der Waals surface area contributed by atoms with Crippen LogP contribution in [0.2, 0.25) is 0 Å². The molecule has 0 spiro atoms. The maximum absolute atomic E-state index is 11.4. The van der Waals surface area contributed by atoms with Gasteiger partial charge in [0, 0.05) is 5.56 Å². The molecule has 1 rings (SSSR count). The predicted octanol–water partition coefficient (Wildman–Crippen LogP) is 2.16. The summed E-state index contributed by atoms with van der Waals surface area (Å²) in [5.74, 6) is -0.634. The van der Waals surface area contributed by atoms with Gasteiger partial charge in [-0.05, 0) is 23.1 Å². The molecule has 104 valence electrons. The van der Waals surface area contributed by atoms with Gasteiger partial charge in [-0.2, -0.15) is 0 Å². The second kappa shape index (κ2) is 5.71. The van der Waals surface area contributed by atoms with Crippen LogP contribution >= 0.6 is 0 Å². The topological polar surface area (TPSA) is 98.7 Å². The summed E-state index contributed by atoms with van der Waals surface area (Å²) in [5.41, 5.74) is 2.12. The van der Waals surface area contributed by atoms with Crippen molar-refractivity contribution in [2.24, 2.45) is 5.41 Å². The Morgan fingerprint density at radius 1 is 1.26 bits per heavy atom. The van der Waals surface area contributed by atoms with Gasteiger partial charge in [0.05, 0.1) is 6.04 Å². The number of carboxylic acid groups (broad SMARTS) is 1. The second-order valence-corrected chi connectivity index (χ2v) is 5.31. The highest BCUT2D eigenvalue weighted by atomic mass is 16.5. The minimum Gasteiger partial charge on any atom is -0.465 e. The summed E-state index contributed by atoms with van der Waals surface area (Å²) in [5, 5.41) is 20.0. The Morgan fingerprint density at radius 2 is 1.89 bits per heavy atom. The first-order valence-electron chi connectivity index (χ1n) is 5.79.